The third-order valence-corrected chi connectivity index (χ3v) is 13.4. The molecule has 0 heterocycles. The van der Waals surface area contributed by atoms with Crippen LogP contribution in [-0.4, -0.2) is 0 Å². The summed E-state index contributed by atoms with van der Waals surface area (Å²) >= 11 is 0. The van der Waals surface area contributed by atoms with Crippen molar-refractivity contribution in [3.63, 3.8) is 0 Å². The number of benzene rings is 3. The highest BCUT2D eigenvalue weighted by Crippen LogP contribution is 2.56. The minimum Gasteiger partial charge on any atom is -0.0988 e. The molecule has 0 aromatic heterocycles. The van der Waals surface area contributed by atoms with Crippen molar-refractivity contribution in [1.82, 2.24) is 0 Å². The molecular weight excluding hydrogens is 769 g/mol. The zero-order chi connectivity index (χ0) is 47.7. The fourth-order valence-electron chi connectivity index (χ4n) is 10.2. The Balaban J connectivity index is 0.000000315. The van der Waals surface area contributed by atoms with E-state index in [1.807, 2.05) is 53.7 Å². The molecule has 0 N–H and O–H groups in total. The highest BCUT2D eigenvalue weighted by Gasteiger charge is 2.41. The Kier molecular flexibility index (Phi) is 21.3. The van der Waals surface area contributed by atoms with Crippen LogP contribution < -0.4 is 0 Å². The van der Waals surface area contributed by atoms with Crippen molar-refractivity contribution >= 4 is 17.7 Å². The van der Waals surface area contributed by atoms with Crippen molar-refractivity contribution in [3.8, 4) is 11.1 Å². The Bertz CT molecular complexity index is 2330. The zero-order valence-corrected chi connectivity index (χ0v) is 43.2. The maximum Gasteiger partial charge on any atom is 0.0159 e. The predicted octanol–water partition coefficient (Wildman–Crippen LogP) is 19.9. The lowest BCUT2D eigenvalue weighted by Crippen LogP contribution is -2.19. The Hall–Kier alpha value is -4.94. The van der Waals surface area contributed by atoms with E-state index in [1.54, 1.807) is 22.3 Å². The van der Waals surface area contributed by atoms with Crippen molar-refractivity contribution in [1.29, 1.82) is 0 Å². The van der Waals surface area contributed by atoms with Gasteiger partial charge < -0.3 is 0 Å². The Morgan fingerprint density at radius 3 is 2.02 bits per heavy atom. The Morgan fingerprint density at radius 1 is 0.781 bits per heavy atom. The standard InChI is InChI=1S/C35H38.C18H24.C7H12.2C2H6/c1-7-23-24(8-2)34-29-18-17-21(3)19-31(29)35(5,6)32(34)20-30(23)22(4)33-27-15-11-9-13-25(27)26-14-10-12-16-28(26)33;1-6-9-16-12-11-14(4)13-18(16)17(10-7-2)15(5)8-3;1-4-6-7(3)5-2;2*1-2/h7-8,11,15,17-20,22,33H,1-2,9-10,12-14,16H2,3-6H3;7-8,10-13H,3,6,9H2,1-2,4-5H3;4-6H,1-3H3;2*1-2H3/b;10-7-,17-15+;6-4-,7-5-;;. The molecule has 0 fully saturated rings. The van der Waals surface area contributed by atoms with Gasteiger partial charge in [0.2, 0.25) is 0 Å². The topological polar surface area (TPSA) is 0 Å². The maximum absolute atomic E-state index is 4.32. The number of hydrogen-bond acceptors (Lipinski definition) is 0. The van der Waals surface area contributed by atoms with Crippen LogP contribution in [0.4, 0.5) is 0 Å². The van der Waals surface area contributed by atoms with E-state index >= 15 is 0 Å². The van der Waals surface area contributed by atoms with Gasteiger partial charge in [0.25, 0.3) is 0 Å². The van der Waals surface area contributed by atoms with Crippen molar-refractivity contribution in [3.05, 3.63) is 194 Å². The quantitative estimate of drug-likeness (QED) is 0.178. The van der Waals surface area contributed by atoms with E-state index in [-0.39, 0.29) is 5.41 Å². The molecule has 0 saturated heterocycles. The van der Waals surface area contributed by atoms with Gasteiger partial charge in [-0.05, 0) is 177 Å². The van der Waals surface area contributed by atoms with Gasteiger partial charge in [0.15, 0.2) is 0 Å². The van der Waals surface area contributed by atoms with E-state index in [4.69, 9.17) is 0 Å². The number of fused-ring (bicyclic) bond motifs is 4. The molecule has 0 amide bonds. The molecule has 3 aromatic carbocycles. The fourth-order valence-corrected chi connectivity index (χ4v) is 10.2. The number of rotatable bonds is 10. The van der Waals surface area contributed by atoms with Crippen molar-refractivity contribution in [2.75, 3.05) is 0 Å². The van der Waals surface area contributed by atoms with Gasteiger partial charge in [-0.3, -0.25) is 0 Å². The lowest BCUT2D eigenvalue weighted by atomic mass is 9.72. The van der Waals surface area contributed by atoms with Gasteiger partial charge in [-0.25, -0.2) is 0 Å². The van der Waals surface area contributed by atoms with E-state index < -0.39 is 0 Å². The summed E-state index contributed by atoms with van der Waals surface area (Å²) in [4.78, 5) is 0. The van der Waals surface area contributed by atoms with Crippen LogP contribution in [0.25, 0.3) is 28.9 Å². The van der Waals surface area contributed by atoms with Gasteiger partial charge in [0, 0.05) is 11.3 Å². The van der Waals surface area contributed by atoms with Crippen LogP contribution >= 0.6 is 0 Å². The first-order valence-corrected chi connectivity index (χ1v) is 24.8. The second kappa shape index (κ2) is 25.5. The summed E-state index contributed by atoms with van der Waals surface area (Å²) < 4.78 is 0. The average molecular weight is 855 g/mol. The molecule has 0 heteroatoms. The zero-order valence-electron chi connectivity index (χ0n) is 43.2. The van der Waals surface area contributed by atoms with Gasteiger partial charge in [-0.1, -0.05) is 207 Å². The predicted molar refractivity (Wildman–Crippen MR) is 291 cm³/mol. The molecule has 342 valence electrons. The molecule has 2 atom stereocenters. The average Bonchev–Trinajstić information content (AvgIpc) is 3.77. The summed E-state index contributed by atoms with van der Waals surface area (Å²) in [6.45, 7) is 44.7. The first kappa shape index (κ1) is 53.4. The normalized spacial score (nSPS) is 17.5. The van der Waals surface area contributed by atoms with Crippen molar-refractivity contribution in [2.24, 2.45) is 5.92 Å². The maximum atomic E-state index is 4.32. The van der Waals surface area contributed by atoms with E-state index in [0.717, 1.165) is 6.42 Å². The van der Waals surface area contributed by atoms with Gasteiger partial charge in [-0.15, -0.1) is 0 Å². The van der Waals surface area contributed by atoms with E-state index in [2.05, 4.69) is 173 Å². The minimum atomic E-state index is -0.0251. The first-order chi connectivity index (χ1) is 30.8. The molecule has 0 saturated carbocycles. The molecule has 4 aliphatic carbocycles. The molecule has 0 radical (unpaired) electrons. The third-order valence-electron chi connectivity index (χ3n) is 13.4. The molecule has 2 unspecified atom stereocenters. The number of aryl methyl sites for hydroxylation is 3. The Morgan fingerprint density at radius 2 is 1.42 bits per heavy atom. The van der Waals surface area contributed by atoms with Gasteiger partial charge >= 0.3 is 0 Å². The highest BCUT2D eigenvalue weighted by atomic mass is 14.4. The summed E-state index contributed by atoms with van der Waals surface area (Å²) in [5.74, 6) is 0.909. The summed E-state index contributed by atoms with van der Waals surface area (Å²) in [5.41, 5.74) is 25.6. The van der Waals surface area contributed by atoms with Gasteiger partial charge in [0.05, 0.1) is 0 Å². The van der Waals surface area contributed by atoms with Crippen LogP contribution in [0, 0.1) is 19.8 Å². The summed E-state index contributed by atoms with van der Waals surface area (Å²) in [6.07, 6.45) is 31.4. The van der Waals surface area contributed by atoms with Crippen molar-refractivity contribution < 1.29 is 0 Å². The SMILES string of the molecule is C/C=C\C(C)=C/C.C=C/C(C)=C(\C=C/C)c1cc(C)ccc1CCC.C=Cc1c(C(C)C2C3=C(CCC=C3)C3=C2CCCC3)cc2c(c1C=C)-c1ccc(C)cc1C2(C)C.CC.CC. The van der Waals surface area contributed by atoms with Gasteiger partial charge in [-0.2, -0.15) is 0 Å². The molecule has 64 heavy (non-hydrogen) atoms. The van der Waals surface area contributed by atoms with Crippen LogP contribution in [0.1, 0.15) is 191 Å². The highest BCUT2D eigenvalue weighted by molar-refractivity contribution is 5.91. The van der Waals surface area contributed by atoms with E-state index in [9.17, 15) is 0 Å². The van der Waals surface area contributed by atoms with Crippen LogP contribution in [0.15, 0.2) is 144 Å². The summed E-state index contributed by atoms with van der Waals surface area (Å²) in [5, 5.41) is 0. The summed E-state index contributed by atoms with van der Waals surface area (Å²) in [6, 6.07) is 16.3. The molecule has 0 nitrogen and oxygen atoms in total. The third kappa shape index (κ3) is 11.7. The monoisotopic (exact) mass is 855 g/mol. The van der Waals surface area contributed by atoms with E-state index in [0.29, 0.717) is 11.8 Å². The number of allylic oxidation sites excluding steroid dienone is 15. The second-order valence-corrected chi connectivity index (χ2v) is 17.9. The molecule has 0 aliphatic heterocycles. The lowest BCUT2D eigenvalue weighted by Gasteiger charge is -2.31. The minimum absolute atomic E-state index is 0.0251. The fraction of sp³-hybridized carbons (Fsp3) is 0.406. The molecular formula is C64H86. The molecule has 4 aliphatic rings. The number of hydrogen-bond donors (Lipinski definition) is 0. The van der Waals surface area contributed by atoms with Crippen LogP contribution in [0.2, 0.25) is 0 Å². The van der Waals surface area contributed by atoms with Gasteiger partial charge in [0.1, 0.15) is 0 Å². The molecule has 0 bridgehead atoms. The van der Waals surface area contributed by atoms with Crippen LogP contribution in [0.5, 0.6) is 0 Å². The second-order valence-electron chi connectivity index (χ2n) is 17.9. The Labute approximate surface area is 393 Å². The summed E-state index contributed by atoms with van der Waals surface area (Å²) in [7, 11) is 0. The lowest BCUT2D eigenvalue weighted by molar-refractivity contribution is 0.548. The van der Waals surface area contributed by atoms with Crippen molar-refractivity contribution in [2.45, 2.75) is 167 Å². The molecule has 7 rings (SSSR count). The smallest absolute Gasteiger partial charge is 0.0159 e. The molecule has 0 spiro atoms. The largest absolute Gasteiger partial charge is 0.0988 e. The van der Waals surface area contributed by atoms with Crippen LogP contribution in [0.3, 0.4) is 0 Å². The van der Waals surface area contributed by atoms with Crippen LogP contribution in [-0.2, 0) is 11.8 Å². The first-order valence-electron chi connectivity index (χ1n) is 24.8. The van der Waals surface area contributed by atoms with E-state index in [1.165, 1.54) is 123 Å². The molecule has 3 aromatic rings.